The summed E-state index contributed by atoms with van der Waals surface area (Å²) < 4.78 is 41.6. The minimum absolute atomic E-state index is 0.253. The van der Waals surface area contributed by atoms with Gasteiger partial charge in [0.05, 0.1) is 39.4 Å². The van der Waals surface area contributed by atoms with Crippen molar-refractivity contribution in [1.82, 2.24) is 0 Å². The van der Waals surface area contributed by atoms with E-state index >= 15 is 0 Å². The molecule has 1 aliphatic rings. The number of methoxy groups -OCH3 is 2. The Bertz CT molecular complexity index is 1000. The van der Waals surface area contributed by atoms with Gasteiger partial charge < -0.3 is 24.4 Å². The van der Waals surface area contributed by atoms with Gasteiger partial charge in [0.2, 0.25) is 15.9 Å². The molecule has 1 fully saturated rings. The molecule has 0 radical (unpaired) electrons. The van der Waals surface area contributed by atoms with Gasteiger partial charge in [-0.25, -0.2) is 8.42 Å². The van der Waals surface area contributed by atoms with E-state index in [1.54, 1.807) is 30.3 Å². The maximum absolute atomic E-state index is 12.6. The second-order valence-corrected chi connectivity index (χ2v) is 8.91. The van der Waals surface area contributed by atoms with E-state index in [9.17, 15) is 13.2 Å². The predicted octanol–water partition coefficient (Wildman–Crippen LogP) is 1.95. The van der Waals surface area contributed by atoms with Gasteiger partial charge in [0.15, 0.2) is 0 Å². The smallest absolute Gasteiger partial charge is 0.245 e. The summed E-state index contributed by atoms with van der Waals surface area (Å²) in [5.74, 6) is 0.328. The zero-order chi connectivity index (χ0) is 22.4. The van der Waals surface area contributed by atoms with Crippen molar-refractivity contribution in [3.05, 3.63) is 42.5 Å². The van der Waals surface area contributed by atoms with Crippen LogP contribution >= 0.6 is 0 Å². The normalized spacial score (nSPS) is 14.1. The summed E-state index contributed by atoms with van der Waals surface area (Å²) in [6.07, 6.45) is 1.04. The highest BCUT2D eigenvalue weighted by atomic mass is 32.2. The SMILES string of the molecule is COc1ccc(N(CC(=O)Nc2ccc(N3CCOCC3)cc2)S(C)(=O)=O)c(OC)c1. The van der Waals surface area contributed by atoms with Crippen LogP contribution in [0.2, 0.25) is 0 Å². The third kappa shape index (κ3) is 5.80. The number of benzene rings is 2. The summed E-state index contributed by atoms with van der Waals surface area (Å²) in [5, 5.41) is 2.75. The quantitative estimate of drug-likeness (QED) is 0.658. The molecule has 1 N–H and O–H groups in total. The van der Waals surface area contributed by atoms with Crippen LogP contribution in [0.3, 0.4) is 0 Å². The zero-order valence-electron chi connectivity index (χ0n) is 17.8. The first kappa shape index (κ1) is 22.7. The number of sulfonamides is 1. The Hall–Kier alpha value is -2.98. The number of hydrogen-bond donors (Lipinski definition) is 1. The Morgan fingerprint density at radius 3 is 2.35 bits per heavy atom. The van der Waals surface area contributed by atoms with Crippen molar-refractivity contribution in [2.45, 2.75) is 0 Å². The van der Waals surface area contributed by atoms with Crippen molar-refractivity contribution in [2.24, 2.45) is 0 Å². The van der Waals surface area contributed by atoms with Gasteiger partial charge in [0, 0.05) is 30.5 Å². The van der Waals surface area contributed by atoms with Gasteiger partial charge in [-0.15, -0.1) is 0 Å². The van der Waals surface area contributed by atoms with Gasteiger partial charge in [0.1, 0.15) is 18.0 Å². The van der Waals surface area contributed by atoms with E-state index in [2.05, 4.69) is 10.2 Å². The van der Waals surface area contributed by atoms with Crippen LogP contribution < -0.4 is 24.0 Å². The highest BCUT2D eigenvalue weighted by Gasteiger charge is 2.24. The van der Waals surface area contributed by atoms with Crippen molar-refractivity contribution in [1.29, 1.82) is 0 Å². The van der Waals surface area contributed by atoms with E-state index in [-0.39, 0.29) is 11.4 Å². The lowest BCUT2D eigenvalue weighted by Gasteiger charge is -2.29. The zero-order valence-corrected chi connectivity index (χ0v) is 18.6. The minimum atomic E-state index is -3.75. The highest BCUT2D eigenvalue weighted by Crippen LogP contribution is 2.33. The molecular weight excluding hydrogens is 422 g/mol. The third-order valence-corrected chi connectivity index (χ3v) is 6.00. The number of amides is 1. The number of rotatable bonds is 8. The number of nitrogens with one attached hydrogen (secondary N) is 1. The molecule has 0 saturated carbocycles. The van der Waals surface area contributed by atoms with Crippen LogP contribution in [0, 0.1) is 0 Å². The maximum Gasteiger partial charge on any atom is 0.245 e. The van der Waals surface area contributed by atoms with E-state index < -0.39 is 22.5 Å². The summed E-state index contributed by atoms with van der Waals surface area (Å²) in [6.45, 7) is 2.62. The first-order chi connectivity index (χ1) is 14.8. The summed E-state index contributed by atoms with van der Waals surface area (Å²) in [7, 11) is -0.820. The number of nitrogens with zero attached hydrogens (tertiary/aromatic N) is 2. The fourth-order valence-electron chi connectivity index (χ4n) is 3.28. The average Bonchev–Trinajstić information content (AvgIpc) is 2.77. The number of carbonyl (C=O) groups is 1. The predicted molar refractivity (Wildman–Crippen MR) is 120 cm³/mol. The Morgan fingerprint density at radius 1 is 1.10 bits per heavy atom. The highest BCUT2D eigenvalue weighted by molar-refractivity contribution is 7.92. The molecule has 0 atom stereocenters. The molecule has 0 aliphatic carbocycles. The van der Waals surface area contributed by atoms with Gasteiger partial charge in [-0.1, -0.05) is 0 Å². The van der Waals surface area contributed by atoms with Crippen molar-refractivity contribution >= 4 is 33.0 Å². The molecule has 168 valence electrons. The molecule has 0 spiro atoms. The molecule has 1 aliphatic heterocycles. The molecule has 9 nitrogen and oxygen atoms in total. The topological polar surface area (TPSA) is 97.4 Å². The maximum atomic E-state index is 12.6. The van der Waals surface area contributed by atoms with E-state index in [4.69, 9.17) is 14.2 Å². The van der Waals surface area contributed by atoms with E-state index in [1.165, 1.54) is 14.2 Å². The molecule has 1 saturated heterocycles. The molecule has 0 aromatic heterocycles. The summed E-state index contributed by atoms with van der Waals surface area (Å²) >= 11 is 0. The molecular formula is C21H27N3O6S. The molecule has 2 aromatic carbocycles. The third-order valence-electron chi connectivity index (χ3n) is 4.87. The largest absolute Gasteiger partial charge is 0.497 e. The second-order valence-electron chi connectivity index (χ2n) is 7.00. The van der Waals surface area contributed by atoms with Gasteiger partial charge >= 0.3 is 0 Å². The van der Waals surface area contributed by atoms with Gasteiger partial charge in [-0.05, 0) is 36.4 Å². The molecule has 1 amide bonds. The molecule has 0 bridgehead atoms. The molecule has 0 unspecified atom stereocenters. The molecule has 3 rings (SSSR count). The summed E-state index contributed by atoms with van der Waals surface area (Å²) in [5.41, 5.74) is 1.88. The fraction of sp³-hybridized carbons (Fsp3) is 0.381. The van der Waals surface area contributed by atoms with Crippen molar-refractivity contribution in [2.75, 3.05) is 67.8 Å². The van der Waals surface area contributed by atoms with Crippen LogP contribution in [-0.4, -0.2) is 67.6 Å². The van der Waals surface area contributed by atoms with Gasteiger partial charge in [-0.2, -0.15) is 0 Å². The molecule has 31 heavy (non-hydrogen) atoms. The Labute approximate surface area is 182 Å². The van der Waals surface area contributed by atoms with Crippen LogP contribution in [0.4, 0.5) is 17.1 Å². The monoisotopic (exact) mass is 449 g/mol. The number of ether oxygens (including phenoxy) is 3. The minimum Gasteiger partial charge on any atom is -0.497 e. The molecule has 1 heterocycles. The number of hydrogen-bond acceptors (Lipinski definition) is 7. The number of anilines is 3. The molecule has 10 heteroatoms. The van der Waals surface area contributed by atoms with Gasteiger partial charge in [-0.3, -0.25) is 9.10 Å². The van der Waals surface area contributed by atoms with Crippen LogP contribution in [0.25, 0.3) is 0 Å². The first-order valence-corrected chi connectivity index (χ1v) is 11.6. The second kappa shape index (κ2) is 9.88. The van der Waals surface area contributed by atoms with E-state index in [1.807, 2.05) is 12.1 Å². The van der Waals surface area contributed by atoms with Crippen molar-refractivity contribution < 1.29 is 27.4 Å². The van der Waals surface area contributed by atoms with Crippen LogP contribution in [0.1, 0.15) is 0 Å². The molecule has 2 aromatic rings. The number of carbonyl (C=O) groups excluding carboxylic acids is 1. The van der Waals surface area contributed by atoms with Crippen molar-refractivity contribution in [3.8, 4) is 11.5 Å². The fourth-order valence-corrected chi connectivity index (χ4v) is 4.14. The lowest BCUT2D eigenvalue weighted by molar-refractivity contribution is -0.114. The van der Waals surface area contributed by atoms with E-state index in [0.29, 0.717) is 24.7 Å². The van der Waals surface area contributed by atoms with Crippen LogP contribution in [0.5, 0.6) is 11.5 Å². The lowest BCUT2D eigenvalue weighted by Crippen LogP contribution is -2.37. The van der Waals surface area contributed by atoms with Crippen LogP contribution in [-0.2, 0) is 19.6 Å². The Kier molecular flexibility index (Phi) is 7.24. The Morgan fingerprint density at radius 2 is 1.77 bits per heavy atom. The van der Waals surface area contributed by atoms with Gasteiger partial charge in [0.25, 0.3) is 0 Å². The summed E-state index contributed by atoms with van der Waals surface area (Å²) in [4.78, 5) is 14.8. The Balaban J connectivity index is 1.73. The summed E-state index contributed by atoms with van der Waals surface area (Å²) in [6, 6.07) is 12.1. The standard InChI is InChI=1S/C21H27N3O6S/c1-28-18-8-9-19(20(14-18)29-2)24(31(3,26)27)15-21(25)22-16-4-6-17(7-5-16)23-10-12-30-13-11-23/h4-9,14H,10-13,15H2,1-3H3,(H,22,25). The number of morpholine rings is 1. The van der Waals surface area contributed by atoms with Crippen molar-refractivity contribution in [3.63, 3.8) is 0 Å². The van der Waals surface area contributed by atoms with Crippen LogP contribution in [0.15, 0.2) is 42.5 Å². The lowest BCUT2D eigenvalue weighted by atomic mass is 10.2. The first-order valence-electron chi connectivity index (χ1n) is 9.74. The van der Waals surface area contributed by atoms with E-state index in [0.717, 1.165) is 29.3 Å². The average molecular weight is 450 g/mol.